The Kier molecular flexibility index (Phi) is 8.30. The van der Waals surface area contributed by atoms with E-state index < -0.39 is 0 Å². The van der Waals surface area contributed by atoms with E-state index in [0.29, 0.717) is 47.0 Å². The molecule has 0 aromatic heterocycles. The highest BCUT2D eigenvalue weighted by molar-refractivity contribution is 5.98. The smallest absolute Gasteiger partial charge is 0.227 e. The summed E-state index contributed by atoms with van der Waals surface area (Å²) in [5.74, 6) is 4.45. The van der Waals surface area contributed by atoms with Crippen molar-refractivity contribution in [1.82, 2.24) is 10.2 Å². The van der Waals surface area contributed by atoms with Crippen LogP contribution in [0.5, 0.6) is 0 Å². The third-order valence-corrected chi connectivity index (χ3v) is 14.5. The first-order chi connectivity index (χ1) is 20.6. The van der Waals surface area contributed by atoms with Gasteiger partial charge in [0.2, 0.25) is 5.91 Å². The predicted octanol–water partition coefficient (Wildman–Crippen LogP) is 5.60. The van der Waals surface area contributed by atoms with E-state index in [-0.39, 0.29) is 29.9 Å². The van der Waals surface area contributed by atoms with Crippen molar-refractivity contribution in [3.05, 3.63) is 0 Å². The number of hydrogen-bond donors (Lipinski definition) is 1. The molecule has 3 aliphatic heterocycles. The Morgan fingerprint density at radius 1 is 0.907 bits per heavy atom. The summed E-state index contributed by atoms with van der Waals surface area (Å²) in [7, 11) is 0. The summed E-state index contributed by atoms with van der Waals surface area (Å²) in [6.45, 7) is 14.8. The molecule has 7 aliphatic rings. The second kappa shape index (κ2) is 11.7. The fourth-order valence-corrected chi connectivity index (χ4v) is 12.1. The Hall–Kier alpha value is -1.02. The SMILES string of the molecule is C[C@@H]1CC[C@@]2(OC1)O[C@H]1C[C@H]3[C@@H]4CC[C@H]5C[C@@H](NC(=O)CC(=O)CCN6CCOCC6)CC[C@]5(C)[C@H]4CC[C@]3(C)[C@H]1[C@@H]2C. The molecule has 7 nitrogen and oxygen atoms in total. The third kappa shape index (κ3) is 5.34. The van der Waals surface area contributed by atoms with Gasteiger partial charge in [0.25, 0.3) is 0 Å². The van der Waals surface area contributed by atoms with Crippen LogP contribution in [0.1, 0.15) is 105 Å². The minimum absolute atomic E-state index is 0.0297. The number of Topliss-reactive ketones (excluding diaryl/α,β-unsaturated/α-hetero) is 1. The Bertz CT molecular complexity index is 1050. The number of ether oxygens (including phenoxy) is 3. The fraction of sp³-hybridized carbons (Fsp3) is 0.944. The Morgan fingerprint density at radius 2 is 1.70 bits per heavy atom. The second-order valence-electron chi connectivity index (χ2n) is 16.6. The molecule has 1 N–H and O–H groups in total. The Balaban J connectivity index is 0.940. The van der Waals surface area contributed by atoms with Crippen LogP contribution in [-0.4, -0.2) is 74.0 Å². The molecule has 0 aromatic rings. The van der Waals surface area contributed by atoms with Crippen molar-refractivity contribution in [1.29, 1.82) is 0 Å². The van der Waals surface area contributed by atoms with E-state index in [1.54, 1.807) is 0 Å². The van der Waals surface area contributed by atoms with E-state index in [2.05, 4.69) is 37.9 Å². The molecule has 4 saturated carbocycles. The van der Waals surface area contributed by atoms with Gasteiger partial charge < -0.3 is 19.5 Å². The van der Waals surface area contributed by atoms with Gasteiger partial charge in [0.05, 0.1) is 32.3 Å². The molecule has 0 radical (unpaired) electrons. The summed E-state index contributed by atoms with van der Waals surface area (Å²) in [4.78, 5) is 27.7. The van der Waals surface area contributed by atoms with Crippen molar-refractivity contribution in [3.8, 4) is 0 Å². The molecule has 1 spiro atoms. The molecule has 12 atom stereocenters. The zero-order valence-electron chi connectivity index (χ0n) is 27.4. The number of ketones is 1. The quantitative estimate of drug-likeness (QED) is 0.401. The van der Waals surface area contributed by atoms with Crippen LogP contribution in [0, 0.1) is 52.3 Å². The molecule has 3 saturated heterocycles. The van der Waals surface area contributed by atoms with Crippen LogP contribution in [0.25, 0.3) is 0 Å². The van der Waals surface area contributed by atoms with Gasteiger partial charge in [-0.15, -0.1) is 0 Å². The van der Waals surface area contributed by atoms with Gasteiger partial charge in [-0.05, 0) is 104 Å². The van der Waals surface area contributed by atoms with Crippen molar-refractivity contribution in [2.24, 2.45) is 52.3 Å². The molecule has 0 bridgehead atoms. The van der Waals surface area contributed by atoms with Gasteiger partial charge in [0.1, 0.15) is 5.78 Å². The number of rotatable bonds is 6. The molecular formula is C36H58N2O5. The van der Waals surface area contributed by atoms with E-state index in [9.17, 15) is 9.59 Å². The third-order valence-electron chi connectivity index (χ3n) is 14.5. The van der Waals surface area contributed by atoms with E-state index >= 15 is 0 Å². The van der Waals surface area contributed by atoms with Crippen molar-refractivity contribution < 1.29 is 23.8 Å². The van der Waals surface area contributed by atoms with Crippen molar-refractivity contribution in [2.75, 3.05) is 39.5 Å². The Labute approximate surface area is 259 Å². The highest BCUT2D eigenvalue weighted by atomic mass is 16.7. The lowest BCUT2D eigenvalue weighted by molar-refractivity contribution is -0.273. The molecule has 3 heterocycles. The number of amides is 1. The van der Waals surface area contributed by atoms with Gasteiger partial charge in [-0.3, -0.25) is 14.5 Å². The van der Waals surface area contributed by atoms with Crippen molar-refractivity contribution >= 4 is 11.7 Å². The van der Waals surface area contributed by atoms with Gasteiger partial charge in [-0.2, -0.15) is 0 Å². The maximum absolute atomic E-state index is 12.9. The first kappa shape index (κ1) is 30.6. The minimum Gasteiger partial charge on any atom is -0.379 e. The number of fused-ring (bicyclic) bond motifs is 7. The lowest BCUT2D eigenvalue weighted by Crippen LogP contribution is -2.56. The van der Waals surface area contributed by atoms with E-state index in [4.69, 9.17) is 14.2 Å². The minimum atomic E-state index is -0.327. The van der Waals surface area contributed by atoms with Crippen LogP contribution in [0.3, 0.4) is 0 Å². The molecule has 242 valence electrons. The van der Waals surface area contributed by atoms with Crippen molar-refractivity contribution in [2.45, 2.75) is 123 Å². The molecule has 0 aromatic carbocycles. The summed E-state index contributed by atoms with van der Waals surface area (Å²) >= 11 is 0. The van der Waals surface area contributed by atoms with Crippen LogP contribution >= 0.6 is 0 Å². The van der Waals surface area contributed by atoms with Crippen LogP contribution in [-0.2, 0) is 23.8 Å². The van der Waals surface area contributed by atoms with E-state index in [0.717, 1.165) is 76.5 Å². The first-order valence-corrected chi connectivity index (χ1v) is 18.0. The zero-order valence-corrected chi connectivity index (χ0v) is 27.4. The summed E-state index contributed by atoms with van der Waals surface area (Å²) in [6.07, 6.45) is 13.0. The lowest BCUT2D eigenvalue weighted by atomic mass is 9.44. The molecule has 4 aliphatic carbocycles. The molecule has 7 fully saturated rings. The van der Waals surface area contributed by atoms with Gasteiger partial charge in [0, 0.05) is 44.4 Å². The summed E-state index contributed by atoms with van der Waals surface area (Å²) in [6, 6.07) is 0.220. The summed E-state index contributed by atoms with van der Waals surface area (Å²) < 4.78 is 18.9. The largest absolute Gasteiger partial charge is 0.379 e. The molecule has 0 unspecified atom stereocenters. The van der Waals surface area contributed by atoms with Crippen LogP contribution in [0.4, 0.5) is 0 Å². The maximum atomic E-state index is 12.9. The number of nitrogens with one attached hydrogen (secondary N) is 1. The number of carbonyl (C=O) groups excluding carboxylic acids is 2. The van der Waals surface area contributed by atoms with E-state index in [1.807, 2.05) is 0 Å². The van der Waals surface area contributed by atoms with E-state index in [1.165, 1.54) is 44.9 Å². The number of carbonyl (C=O) groups is 2. The van der Waals surface area contributed by atoms with Crippen LogP contribution < -0.4 is 5.32 Å². The average Bonchev–Trinajstić information content (AvgIpc) is 3.44. The van der Waals surface area contributed by atoms with Gasteiger partial charge >= 0.3 is 0 Å². The highest BCUT2D eigenvalue weighted by Crippen LogP contribution is 2.71. The number of nitrogens with zero attached hydrogens (tertiary/aromatic N) is 1. The predicted molar refractivity (Wildman–Crippen MR) is 165 cm³/mol. The fourth-order valence-electron chi connectivity index (χ4n) is 12.1. The number of hydrogen-bond acceptors (Lipinski definition) is 6. The maximum Gasteiger partial charge on any atom is 0.227 e. The van der Waals surface area contributed by atoms with Crippen molar-refractivity contribution in [3.63, 3.8) is 0 Å². The average molecular weight is 599 g/mol. The first-order valence-electron chi connectivity index (χ1n) is 18.0. The van der Waals surface area contributed by atoms with Gasteiger partial charge in [-0.1, -0.05) is 27.7 Å². The standard InChI is InChI=1S/C36H58N2O5/c1-23-7-13-36(42-22-23)24(2)33-31(43-36)21-30-28-6-5-25-19-26(8-11-34(25,3)29(28)9-12-35(30,33)4)37-32(40)20-27(39)10-14-38-15-17-41-18-16-38/h23-26,28-31,33H,5-22H2,1-4H3,(H,37,40)/t23-,24+,25+,26+,28-,29+,30+,31+,33+,34+,35+,36-/m1/s1. The Morgan fingerprint density at radius 3 is 2.47 bits per heavy atom. The highest BCUT2D eigenvalue weighted by Gasteiger charge is 2.69. The monoisotopic (exact) mass is 598 g/mol. The van der Waals surface area contributed by atoms with Gasteiger partial charge in [-0.25, -0.2) is 0 Å². The molecule has 7 heteroatoms. The number of morpholine rings is 1. The van der Waals surface area contributed by atoms with Crippen LogP contribution in [0.15, 0.2) is 0 Å². The van der Waals surface area contributed by atoms with Crippen LogP contribution in [0.2, 0.25) is 0 Å². The molecular weight excluding hydrogens is 540 g/mol. The topological polar surface area (TPSA) is 77.1 Å². The summed E-state index contributed by atoms with van der Waals surface area (Å²) in [5, 5.41) is 3.29. The second-order valence-corrected chi connectivity index (χ2v) is 16.6. The van der Waals surface area contributed by atoms with Gasteiger partial charge in [0.15, 0.2) is 5.79 Å². The molecule has 43 heavy (non-hydrogen) atoms. The zero-order chi connectivity index (χ0) is 30.0. The summed E-state index contributed by atoms with van der Waals surface area (Å²) in [5.41, 5.74) is 0.733. The molecule has 1 amide bonds. The molecule has 7 rings (SSSR count). The lowest BCUT2D eigenvalue weighted by Gasteiger charge is -2.61. The normalized spacial score (nSPS) is 49.5.